The van der Waals surface area contributed by atoms with Gasteiger partial charge in [-0.25, -0.2) is 5.43 Å². The van der Waals surface area contributed by atoms with Crippen LogP contribution in [0.3, 0.4) is 0 Å². The number of aryl methyl sites for hydroxylation is 1. The molecule has 0 bridgehead atoms. The molecule has 0 saturated heterocycles. The van der Waals surface area contributed by atoms with Gasteiger partial charge in [0.15, 0.2) is 0 Å². The Morgan fingerprint density at radius 1 is 1.11 bits per heavy atom. The van der Waals surface area contributed by atoms with Gasteiger partial charge in [-0.3, -0.25) is 9.59 Å². The summed E-state index contributed by atoms with van der Waals surface area (Å²) >= 11 is 0. The van der Waals surface area contributed by atoms with E-state index in [1.165, 1.54) is 0 Å². The van der Waals surface area contributed by atoms with Gasteiger partial charge in [0.25, 0.3) is 11.8 Å². The van der Waals surface area contributed by atoms with Gasteiger partial charge in [0.1, 0.15) is 6.04 Å². The smallest absolute Gasteiger partial charge is 0.262 e. The molecule has 2 amide bonds. The van der Waals surface area contributed by atoms with E-state index < -0.39 is 6.04 Å². The molecule has 28 heavy (non-hydrogen) atoms. The number of hydrogen-bond donors (Lipinski definition) is 3. The maximum atomic E-state index is 12.6. The number of para-hydroxylation sites is 1. The summed E-state index contributed by atoms with van der Waals surface area (Å²) in [5.41, 5.74) is 5.93. The number of rotatable bonds is 6. The van der Waals surface area contributed by atoms with Crippen molar-refractivity contribution in [3.05, 3.63) is 71.4 Å². The van der Waals surface area contributed by atoms with Gasteiger partial charge < -0.3 is 10.3 Å². The molecule has 144 valence electrons. The van der Waals surface area contributed by atoms with Crippen molar-refractivity contribution in [3.8, 4) is 0 Å². The van der Waals surface area contributed by atoms with Crippen molar-refractivity contribution in [3.63, 3.8) is 0 Å². The Balaban J connectivity index is 1.67. The number of carbonyl (C=O) groups excluding carboxylic acids is 2. The van der Waals surface area contributed by atoms with E-state index in [-0.39, 0.29) is 17.7 Å². The van der Waals surface area contributed by atoms with Crippen LogP contribution in [0.15, 0.2) is 59.8 Å². The zero-order valence-corrected chi connectivity index (χ0v) is 16.2. The fourth-order valence-electron chi connectivity index (χ4n) is 2.98. The monoisotopic (exact) mass is 376 g/mol. The first-order valence-electron chi connectivity index (χ1n) is 9.22. The third-order valence-corrected chi connectivity index (χ3v) is 4.52. The van der Waals surface area contributed by atoms with Gasteiger partial charge in [-0.15, -0.1) is 0 Å². The zero-order valence-electron chi connectivity index (χ0n) is 16.2. The second kappa shape index (κ2) is 8.52. The first-order chi connectivity index (χ1) is 13.5. The minimum absolute atomic E-state index is 0.0861. The fourth-order valence-corrected chi connectivity index (χ4v) is 2.98. The van der Waals surface area contributed by atoms with E-state index in [9.17, 15) is 9.59 Å². The summed E-state index contributed by atoms with van der Waals surface area (Å²) in [5, 5.41) is 7.89. The molecule has 0 aliphatic rings. The van der Waals surface area contributed by atoms with Gasteiger partial charge in [-0.2, -0.15) is 5.10 Å². The van der Waals surface area contributed by atoms with E-state index in [1.54, 1.807) is 18.3 Å². The Morgan fingerprint density at radius 3 is 2.64 bits per heavy atom. The van der Waals surface area contributed by atoms with Crippen molar-refractivity contribution in [2.24, 2.45) is 11.0 Å². The number of carbonyl (C=O) groups is 2. The molecule has 1 aromatic heterocycles. The van der Waals surface area contributed by atoms with E-state index in [0.29, 0.717) is 5.56 Å². The molecule has 2 aromatic carbocycles. The number of benzene rings is 2. The molecule has 0 aliphatic carbocycles. The van der Waals surface area contributed by atoms with Gasteiger partial charge in [0.05, 0.1) is 6.21 Å². The normalized spacial score (nSPS) is 12.4. The number of H-pyrrole nitrogens is 1. The average molecular weight is 376 g/mol. The lowest BCUT2D eigenvalue weighted by Crippen LogP contribution is -2.48. The fraction of sp³-hybridized carbons (Fsp3) is 0.227. The highest BCUT2D eigenvalue weighted by Gasteiger charge is 2.24. The van der Waals surface area contributed by atoms with E-state index in [0.717, 1.165) is 22.0 Å². The number of nitrogens with one attached hydrogen (secondary N) is 3. The largest absolute Gasteiger partial charge is 0.361 e. The van der Waals surface area contributed by atoms with Crippen LogP contribution in [0.1, 0.15) is 35.3 Å². The van der Waals surface area contributed by atoms with Gasteiger partial charge in [-0.1, -0.05) is 49.7 Å². The SMILES string of the molecule is Cc1cccc(C(=O)NC(C(=O)NN=Cc2c[nH]c3ccccc23)C(C)C)c1. The molecule has 0 saturated carbocycles. The molecular formula is C22H24N4O2. The quantitative estimate of drug-likeness (QED) is 0.455. The second-order valence-corrected chi connectivity index (χ2v) is 7.09. The Bertz CT molecular complexity index is 1020. The number of amides is 2. The average Bonchev–Trinajstić information content (AvgIpc) is 3.09. The molecule has 0 radical (unpaired) electrons. The van der Waals surface area contributed by atoms with Crippen LogP contribution < -0.4 is 10.7 Å². The minimum Gasteiger partial charge on any atom is -0.361 e. The molecular weight excluding hydrogens is 352 g/mol. The third-order valence-electron chi connectivity index (χ3n) is 4.52. The highest BCUT2D eigenvalue weighted by molar-refractivity contribution is 6.00. The Hall–Kier alpha value is -3.41. The van der Waals surface area contributed by atoms with E-state index >= 15 is 0 Å². The van der Waals surface area contributed by atoms with Crippen LogP contribution in [-0.4, -0.2) is 29.1 Å². The summed E-state index contributed by atoms with van der Waals surface area (Å²) in [6.07, 6.45) is 3.43. The lowest BCUT2D eigenvalue weighted by molar-refractivity contribution is -0.123. The molecule has 3 aromatic rings. The van der Waals surface area contributed by atoms with Gasteiger partial charge in [0.2, 0.25) is 0 Å². The Kier molecular flexibility index (Phi) is 5.89. The summed E-state index contributed by atoms with van der Waals surface area (Å²) in [6.45, 7) is 5.68. The zero-order chi connectivity index (χ0) is 20.1. The number of nitrogens with zero attached hydrogens (tertiary/aromatic N) is 1. The number of aromatic amines is 1. The standard InChI is InChI=1S/C22H24N4O2/c1-14(2)20(25-21(27)16-8-6-7-15(3)11-16)22(28)26-24-13-17-12-23-19-10-5-4-9-18(17)19/h4-14,20,23H,1-3H3,(H,25,27)(H,26,28). The van der Waals surface area contributed by atoms with Crippen molar-refractivity contribution < 1.29 is 9.59 Å². The van der Waals surface area contributed by atoms with Gasteiger partial charge in [0, 0.05) is 28.2 Å². The van der Waals surface area contributed by atoms with Crippen molar-refractivity contribution in [1.29, 1.82) is 0 Å². The van der Waals surface area contributed by atoms with Gasteiger partial charge >= 0.3 is 0 Å². The first-order valence-corrected chi connectivity index (χ1v) is 9.22. The molecule has 3 N–H and O–H groups in total. The molecule has 0 fully saturated rings. The lowest BCUT2D eigenvalue weighted by atomic mass is 10.0. The summed E-state index contributed by atoms with van der Waals surface area (Å²) in [7, 11) is 0. The molecule has 1 heterocycles. The topological polar surface area (TPSA) is 86.3 Å². The van der Waals surface area contributed by atoms with E-state index in [1.807, 2.05) is 63.4 Å². The molecule has 0 spiro atoms. The van der Waals surface area contributed by atoms with Crippen LogP contribution in [-0.2, 0) is 4.79 Å². The lowest BCUT2D eigenvalue weighted by Gasteiger charge is -2.20. The number of hydrogen-bond acceptors (Lipinski definition) is 3. The summed E-state index contributed by atoms with van der Waals surface area (Å²) in [5.74, 6) is -0.720. The Labute approximate surface area is 164 Å². The van der Waals surface area contributed by atoms with E-state index in [2.05, 4.69) is 20.8 Å². The first kappa shape index (κ1) is 19.4. The number of hydrazone groups is 1. The van der Waals surface area contributed by atoms with Crippen LogP contribution in [0.2, 0.25) is 0 Å². The molecule has 0 aliphatic heterocycles. The maximum absolute atomic E-state index is 12.6. The maximum Gasteiger partial charge on any atom is 0.262 e. The Morgan fingerprint density at radius 2 is 1.89 bits per heavy atom. The number of fused-ring (bicyclic) bond motifs is 1. The molecule has 6 heteroatoms. The summed E-state index contributed by atoms with van der Waals surface area (Å²) < 4.78 is 0. The third kappa shape index (κ3) is 4.46. The number of aromatic nitrogens is 1. The van der Waals surface area contributed by atoms with Gasteiger partial charge in [-0.05, 0) is 31.0 Å². The molecule has 1 unspecified atom stereocenters. The van der Waals surface area contributed by atoms with Crippen molar-refractivity contribution in [2.45, 2.75) is 26.8 Å². The van der Waals surface area contributed by atoms with Crippen molar-refractivity contribution in [2.75, 3.05) is 0 Å². The molecule has 3 rings (SSSR count). The van der Waals surface area contributed by atoms with Crippen molar-refractivity contribution >= 4 is 28.9 Å². The minimum atomic E-state index is -0.687. The molecule has 6 nitrogen and oxygen atoms in total. The molecule has 1 atom stereocenters. The second-order valence-electron chi connectivity index (χ2n) is 7.09. The van der Waals surface area contributed by atoms with Crippen LogP contribution >= 0.6 is 0 Å². The van der Waals surface area contributed by atoms with E-state index in [4.69, 9.17) is 0 Å². The predicted octanol–water partition coefficient (Wildman–Crippen LogP) is 3.38. The highest BCUT2D eigenvalue weighted by atomic mass is 16.2. The van der Waals surface area contributed by atoms with Crippen LogP contribution in [0.4, 0.5) is 0 Å². The summed E-state index contributed by atoms with van der Waals surface area (Å²) in [4.78, 5) is 28.2. The highest BCUT2D eigenvalue weighted by Crippen LogP contribution is 2.15. The predicted molar refractivity (Wildman–Crippen MR) is 111 cm³/mol. The summed E-state index contributed by atoms with van der Waals surface area (Å²) in [6, 6.07) is 14.4. The van der Waals surface area contributed by atoms with Crippen LogP contribution in [0.5, 0.6) is 0 Å². The van der Waals surface area contributed by atoms with Crippen molar-refractivity contribution in [1.82, 2.24) is 15.7 Å². The van der Waals surface area contributed by atoms with Crippen LogP contribution in [0, 0.1) is 12.8 Å². The van der Waals surface area contributed by atoms with Crippen LogP contribution in [0.25, 0.3) is 10.9 Å².